The zero-order valence-electron chi connectivity index (χ0n) is 14.1. The van der Waals surface area contributed by atoms with Crippen molar-refractivity contribution in [2.75, 3.05) is 5.32 Å². The van der Waals surface area contributed by atoms with Gasteiger partial charge in [0, 0.05) is 5.69 Å². The van der Waals surface area contributed by atoms with Gasteiger partial charge in [-0.3, -0.25) is 4.79 Å². The van der Waals surface area contributed by atoms with Crippen molar-refractivity contribution in [3.8, 4) is 22.6 Å². The summed E-state index contributed by atoms with van der Waals surface area (Å²) < 4.78 is 0. The summed E-state index contributed by atoms with van der Waals surface area (Å²) in [5.74, 6) is -0.471. The van der Waals surface area contributed by atoms with Crippen molar-refractivity contribution in [2.45, 2.75) is 18.3 Å². The molecule has 0 aliphatic heterocycles. The van der Waals surface area contributed by atoms with E-state index < -0.39 is 5.41 Å². The maximum atomic E-state index is 12.9. The maximum Gasteiger partial charge on any atom is 0.235 e. The fourth-order valence-electron chi connectivity index (χ4n) is 3.25. The van der Waals surface area contributed by atoms with E-state index in [1.54, 1.807) is 6.07 Å². The van der Waals surface area contributed by atoms with Crippen LogP contribution in [0.3, 0.4) is 0 Å². The van der Waals surface area contributed by atoms with Gasteiger partial charge in [0.25, 0.3) is 0 Å². The van der Waals surface area contributed by atoms with Gasteiger partial charge < -0.3 is 15.5 Å². The molecule has 0 unspecified atom stereocenters. The molecule has 3 aromatic rings. The molecule has 4 rings (SSSR count). The first kappa shape index (κ1) is 16.2. The van der Waals surface area contributed by atoms with Gasteiger partial charge in [0.2, 0.25) is 5.91 Å². The topological polar surface area (TPSA) is 69.6 Å². The van der Waals surface area contributed by atoms with Gasteiger partial charge in [0.15, 0.2) is 11.5 Å². The molecular weight excluding hydrogens is 326 g/mol. The summed E-state index contributed by atoms with van der Waals surface area (Å²) in [4.78, 5) is 12.9. The second kappa shape index (κ2) is 6.23. The van der Waals surface area contributed by atoms with E-state index in [2.05, 4.69) is 5.32 Å². The van der Waals surface area contributed by atoms with E-state index in [9.17, 15) is 15.0 Å². The first-order valence-electron chi connectivity index (χ1n) is 8.58. The molecule has 1 fully saturated rings. The fourth-order valence-corrected chi connectivity index (χ4v) is 3.25. The minimum atomic E-state index is -0.631. The molecule has 1 amide bonds. The zero-order valence-corrected chi connectivity index (χ0v) is 14.1. The Kier molecular flexibility index (Phi) is 3.88. The van der Waals surface area contributed by atoms with Crippen LogP contribution in [-0.2, 0) is 10.2 Å². The normalized spacial score (nSPS) is 14.6. The number of phenolic OH excluding ortho intramolecular Hbond substituents is 2. The lowest BCUT2D eigenvalue weighted by molar-refractivity contribution is -0.118. The quantitative estimate of drug-likeness (QED) is 0.613. The van der Waals surface area contributed by atoms with Crippen molar-refractivity contribution >= 4 is 11.6 Å². The predicted octanol–water partition coefficient (Wildman–Crippen LogP) is 4.44. The Morgan fingerprint density at radius 1 is 0.808 bits per heavy atom. The van der Waals surface area contributed by atoms with Crippen LogP contribution in [0, 0.1) is 0 Å². The van der Waals surface area contributed by atoms with Crippen LogP contribution >= 0.6 is 0 Å². The molecule has 0 atom stereocenters. The second-order valence-electron chi connectivity index (χ2n) is 6.69. The molecule has 4 nitrogen and oxygen atoms in total. The van der Waals surface area contributed by atoms with Crippen molar-refractivity contribution in [3.63, 3.8) is 0 Å². The van der Waals surface area contributed by atoms with Gasteiger partial charge in [-0.05, 0) is 53.8 Å². The number of rotatable bonds is 4. The average Bonchev–Trinajstić information content (AvgIpc) is 3.47. The lowest BCUT2D eigenvalue weighted by atomic mass is 9.94. The molecule has 0 spiro atoms. The Labute approximate surface area is 151 Å². The average molecular weight is 345 g/mol. The number of aromatic hydroxyl groups is 2. The summed E-state index contributed by atoms with van der Waals surface area (Å²) in [6, 6.07) is 22.3. The highest BCUT2D eigenvalue weighted by molar-refractivity contribution is 6.01. The van der Waals surface area contributed by atoms with Crippen LogP contribution in [0.1, 0.15) is 18.4 Å². The van der Waals surface area contributed by atoms with Gasteiger partial charge in [-0.2, -0.15) is 0 Å². The molecule has 130 valence electrons. The number of phenols is 2. The molecule has 0 radical (unpaired) electrons. The Morgan fingerprint density at radius 2 is 1.54 bits per heavy atom. The summed E-state index contributed by atoms with van der Waals surface area (Å²) in [6.45, 7) is 0. The van der Waals surface area contributed by atoms with Crippen molar-refractivity contribution < 1.29 is 15.0 Å². The number of benzene rings is 3. The van der Waals surface area contributed by atoms with E-state index in [-0.39, 0.29) is 17.4 Å². The van der Waals surface area contributed by atoms with Gasteiger partial charge in [-0.25, -0.2) is 0 Å². The van der Waals surface area contributed by atoms with Crippen LogP contribution in [0.4, 0.5) is 5.69 Å². The van der Waals surface area contributed by atoms with Crippen molar-refractivity contribution in [1.82, 2.24) is 0 Å². The van der Waals surface area contributed by atoms with E-state index >= 15 is 0 Å². The van der Waals surface area contributed by atoms with Gasteiger partial charge in [-0.1, -0.05) is 48.5 Å². The third-order valence-corrected chi connectivity index (χ3v) is 4.94. The molecule has 1 aliphatic carbocycles. The lowest BCUT2D eigenvalue weighted by Crippen LogP contribution is -2.27. The predicted molar refractivity (Wildman–Crippen MR) is 101 cm³/mol. The summed E-state index contributed by atoms with van der Waals surface area (Å²) in [5, 5.41) is 22.2. The van der Waals surface area contributed by atoms with E-state index in [0.717, 1.165) is 35.2 Å². The minimum Gasteiger partial charge on any atom is -0.504 e. The van der Waals surface area contributed by atoms with Crippen LogP contribution in [0.5, 0.6) is 11.5 Å². The highest BCUT2D eigenvalue weighted by Crippen LogP contribution is 2.50. The van der Waals surface area contributed by atoms with Crippen LogP contribution in [0.25, 0.3) is 11.1 Å². The van der Waals surface area contributed by atoms with Gasteiger partial charge >= 0.3 is 0 Å². The first-order valence-corrected chi connectivity index (χ1v) is 8.58. The first-order chi connectivity index (χ1) is 12.6. The molecular formula is C22H19NO3. The Hall–Kier alpha value is -3.27. The van der Waals surface area contributed by atoms with E-state index in [0.29, 0.717) is 0 Å². The summed E-state index contributed by atoms with van der Waals surface area (Å²) in [6.07, 6.45) is 1.45. The molecule has 0 heterocycles. The Morgan fingerprint density at radius 3 is 2.23 bits per heavy atom. The number of nitrogens with one attached hydrogen (secondary N) is 1. The molecule has 1 saturated carbocycles. The number of carbonyl (C=O) groups is 1. The number of anilines is 1. The van der Waals surface area contributed by atoms with E-state index in [4.69, 9.17) is 0 Å². The van der Waals surface area contributed by atoms with Crippen LogP contribution in [-0.4, -0.2) is 16.1 Å². The molecule has 3 aromatic carbocycles. The standard InChI is InChI=1S/C22H19NO3/c24-19-10-9-17(14-20(19)25)22(11-12-22)21(26)23-18-8-4-7-16(13-18)15-5-2-1-3-6-15/h1-10,13-14,24-25H,11-12H2,(H,23,26). The second-order valence-corrected chi connectivity index (χ2v) is 6.69. The smallest absolute Gasteiger partial charge is 0.235 e. The monoisotopic (exact) mass is 345 g/mol. The van der Waals surface area contributed by atoms with Crippen molar-refractivity contribution in [3.05, 3.63) is 78.4 Å². The molecule has 1 aliphatic rings. The zero-order chi connectivity index (χ0) is 18.1. The summed E-state index contributed by atoms with van der Waals surface area (Å²) in [5.41, 5.74) is 2.97. The summed E-state index contributed by atoms with van der Waals surface area (Å²) in [7, 11) is 0. The Bertz CT molecular complexity index is 962. The molecule has 3 N–H and O–H groups in total. The summed E-state index contributed by atoms with van der Waals surface area (Å²) >= 11 is 0. The minimum absolute atomic E-state index is 0.0900. The molecule has 0 aromatic heterocycles. The van der Waals surface area contributed by atoms with Gasteiger partial charge in [0.05, 0.1) is 5.41 Å². The SMILES string of the molecule is O=C(Nc1cccc(-c2ccccc2)c1)C1(c2ccc(O)c(O)c2)CC1. The van der Waals surface area contributed by atoms with Crippen LogP contribution in [0.2, 0.25) is 0 Å². The van der Waals surface area contributed by atoms with Crippen LogP contribution < -0.4 is 5.32 Å². The highest BCUT2D eigenvalue weighted by atomic mass is 16.3. The van der Waals surface area contributed by atoms with Crippen molar-refractivity contribution in [1.29, 1.82) is 0 Å². The third kappa shape index (κ3) is 2.90. The van der Waals surface area contributed by atoms with Crippen molar-refractivity contribution in [2.24, 2.45) is 0 Å². The Balaban J connectivity index is 1.58. The molecule has 4 heteroatoms. The van der Waals surface area contributed by atoms with E-state index in [1.165, 1.54) is 12.1 Å². The van der Waals surface area contributed by atoms with Gasteiger partial charge in [0.1, 0.15) is 0 Å². The lowest BCUT2D eigenvalue weighted by Gasteiger charge is -2.17. The largest absolute Gasteiger partial charge is 0.504 e. The van der Waals surface area contributed by atoms with Crippen LogP contribution in [0.15, 0.2) is 72.8 Å². The number of hydrogen-bond acceptors (Lipinski definition) is 3. The maximum absolute atomic E-state index is 12.9. The number of hydrogen-bond donors (Lipinski definition) is 3. The third-order valence-electron chi connectivity index (χ3n) is 4.94. The molecule has 26 heavy (non-hydrogen) atoms. The molecule has 0 bridgehead atoms. The molecule has 0 saturated heterocycles. The number of amides is 1. The van der Waals surface area contributed by atoms with E-state index in [1.807, 2.05) is 54.6 Å². The fraction of sp³-hybridized carbons (Fsp3) is 0.136. The van der Waals surface area contributed by atoms with Gasteiger partial charge in [-0.15, -0.1) is 0 Å². The highest BCUT2D eigenvalue weighted by Gasteiger charge is 2.51. The number of carbonyl (C=O) groups excluding carboxylic acids is 1.